The van der Waals surface area contributed by atoms with Crippen molar-refractivity contribution < 1.29 is 0 Å². The Hall–Kier alpha value is -1.51. The molecular formula is C11H17N3. The summed E-state index contributed by atoms with van der Waals surface area (Å²) in [5, 5.41) is 3.01. The van der Waals surface area contributed by atoms with Gasteiger partial charge in [-0.15, -0.1) is 0 Å². The lowest BCUT2D eigenvalue weighted by molar-refractivity contribution is 0.387. The highest BCUT2D eigenvalue weighted by Gasteiger charge is 2.00. The minimum absolute atomic E-state index is 0.826. The molecule has 1 heterocycles. The normalized spacial score (nSPS) is 9.64. The van der Waals surface area contributed by atoms with Crippen molar-refractivity contribution in [3.63, 3.8) is 0 Å². The van der Waals surface area contributed by atoms with Gasteiger partial charge in [-0.2, -0.15) is 0 Å². The van der Waals surface area contributed by atoms with Gasteiger partial charge in [-0.05, 0) is 18.6 Å². The second-order valence-corrected chi connectivity index (χ2v) is 3.36. The minimum atomic E-state index is 0.826. The summed E-state index contributed by atoms with van der Waals surface area (Å²) in [5.74, 6) is 0.908. The lowest BCUT2D eigenvalue weighted by atomic mass is 10.2. The quantitative estimate of drug-likeness (QED) is 0.782. The molecule has 3 nitrogen and oxygen atoms in total. The first-order valence-electron chi connectivity index (χ1n) is 4.63. The molecule has 1 N–H and O–H groups in total. The second kappa shape index (κ2) is 4.65. The van der Waals surface area contributed by atoms with E-state index in [1.807, 2.05) is 38.2 Å². The van der Waals surface area contributed by atoms with Gasteiger partial charge >= 0.3 is 0 Å². The van der Waals surface area contributed by atoms with Crippen molar-refractivity contribution in [2.24, 2.45) is 0 Å². The van der Waals surface area contributed by atoms with E-state index in [1.165, 1.54) is 5.56 Å². The van der Waals surface area contributed by atoms with Gasteiger partial charge in [-0.25, -0.2) is 0 Å². The van der Waals surface area contributed by atoms with E-state index in [2.05, 4.69) is 22.9 Å². The Labute approximate surface area is 85.5 Å². The molecule has 0 saturated heterocycles. The van der Waals surface area contributed by atoms with E-state index in [-0.39, 0.29) is 0 Å². The van der Waals surface area contributed by atoms with E-state index < -0.39 is 0 Å². The zero-order valence-electron chi connectivity index (χ0n) is 9.04. The number of aromatic nitrogens is 1. The molecule has 0 fully saturated rings. The summed E-state index contributed by atoms with van der Waals surface area (Å²) >= 11 is 0. The summed E-state index contributed by atoms with van der Waals surface area (Å²) in [5.41, 5.74) is 2.23. The highest BCUT2D eigenvalue weighted by atomic mass is 15.2. The van der Waals surface area contributed by atoms with Gasteiger partial charge in [0.05, 0.1) is 5.82 Å². The number of nitrogens with one attached hydrogen (secondary N) is 1. The van der Waals surface area contributed by atoms with Gasteiger partial charge in [0.25, 0.3) is 0 Å². The summed E-state index contributed by atoms with van der Waals surface area (Å²) in [6.45, 7) is 6.69. The maximum atomic E-state index is 4.24. The zero-order chi connectivity index (χ0) is 10.6. The molecule has 0 aliphatic heterocycles. The van der Waals surface area contributed by atoms with E-state index in [1.54, 1.807) is 0 Å². The van der Waals surface area contributed by atoms with Crippen molar-refractivity contribution in [2.45, 2.75) is 13.5 Å². The fourth-order valence-electron chi connectivity index (χ4n) is 1.15. The Morgan fingerprint density at radius 1 is 1.57 bits per heavy atom. The SMILES string of the molecule is C=C(NC)N(C)Cc1ccc(C)nc1. The van der Waals surface area contributed by atoms with Crippen LogP contribution in [0.5, 0.6) is 0 Å². The van der Waals surface area contributed by atoms with Crippen molar-refractivity contribution in [3.8, 4) is 0 Å². The Bertz CT molecular complexity index is 303. The average Bonchev–Trinajstić information content (AvgIpc) is 2.20. The number of rotatable bonds is 4. The molecule has 3 heteroatoms. The Morgan fingerprint density at radius 3 is 2.79 bits per heavy atom. The monoisotopic (exact) mass is 191 g/mol. The van der Waals surface area contributed by atoms with Crippen LogP contribution in [0.15, 0.2) is 30.7 Å². The van der Waals surface area contributed by atoms with Crippen molar-refractivity contribution >= 4 is 0 Å². The number of hydrogen-bond acceptors (Lipinski definition) is 3. The van der Waals surface area contributed by atoms with E-state index in [0.717, 1.165) is 18.1 Å². The van der Waals surface area contributed by atoms with Crippen LogP contribution < -0.4 is 5.32 Å². The van der Waals surface area contributed by atoms with Crippen LogP contribution >= 0.6 is 0 Å². The highest BCUT2D eigenvalue weighted by molar-refractivity contribution is 5.13. The Balaban J connectivity index is 2.60. The van der Waals surface area contributed by atoms with Crippen LogP contribution in [0.1, 0.15) is 11.3 Å². The average molecular weight is 191 g/mol. The molecule has 0 aromatic carbocycles. The van der Waals surface area contributed by atoms with Gasteiger partial charge < -0.3 is 10.2 Å². The number of nitrogens with zero attached hydrogens (tertiary/aromatic N) is 2. The van der Waals surface area contributed by atoms with Crippen LogP contribution in [-0.2, 0) is 6.54 Å². The van der Waals surface area contributed by atoms with Crippen LogP contribution in [0.2, 0.25) is 0 Å². The second-order valence-electron chi connectivity index (χ2n) is 3.36. The molecule has 0 bridgehead atoms. The molecule has 0 saturated carbocycles. The molecule has 0 atom stereocenters. The van der Waals surface area contributed by atoms with Crippen molar-refractivity contribution in [2.75, 3.05) is 14.1 Å². The molecule has 0 unspecified atom stereocenters. The zero-order valence-corrected chi connectivity index (χ0v) is 9.04. The first-order chi connectivity index (χ1) is 6.63. The summed E-state index contributed by atoms with van der Waals surface area (Å²) in [7, 11) is 3.87. The molecular weight excluding hydrogens is 174 g/mol. The van der Waals surface area contributed by atoms with Crippen LogP contribution in [-0.4, -0.2) is 24.0 Å². The lowest BCUT2D eigenvalue weighted by Gasteiger charge is -2.20. The molecule has 0 radical (unpaired) electrons. The van der Waals surface area contributed by atoms with Crippen LogP contribution in [0.25, 0.3) is 0 Å². The number of pyridine rings is 1. The molecule has 1 aromatic rings. The summed E-state index contributed by atoms with van der Waals surface area (Å²) in [6.07, 6.45) is 1.90. The van der Waals surface area contributed by atoms with E-state index >= 15 is 0 Å². The molecule has 14 heavy (non-hydrogen) atoms. The topological polar surface area (TPSA) is 28.2 Å². The Morgan fingerprint density at radius 2 is 2.29 bits per heavy atom. The lowest BCUT2D eigenvalue weighted by Crippen LogP contribution is -2.24. The number of aryl methyl sites for hydroxylation is 1. The largest absolute Gasteiger partial charge is 0.375 e. The standard InChI is InChI=1S/C11H17N3/c1-9-5-6-11(7-13-9)8-14(4)10(2)12-3/h5-7,12H,2,8H2,1,3-4H3. The molecule has 0 amide bonds. The van der Waals surface area contributed by atoms with E-state index in [9.17, 15) is 0 Å². The van der Waals surface area contributed by atoms with Crippen molar-refractivity contribution in [1.29, 1.82) is 0 Å². The van der Waals surface area contributed by atoms with Gasteiger partial charge in [-0.1, -0.05) is 12.6 Å². The van der Waals surface area contributed by atoms with Gasteiger partial charge in [-0.3, -0.25) is 4.98 Å². The fourth-order valence-corrected chi connectivity index (χ4v) is 1.15. The molecule has 1 rings (SSSR count). The smallest absolute Gasteiger partial charge is 0.0936 e. The summed E-state index contributed by atoms with van der Waals surface area (Å²) in [6, 6.07) is 4.10. The number of hydrogen-bond donors (Lipinski definition) is 1. The van der Waals surface area contributed by atoms with Gasteiger partial charge in [0, 0.05) is 32.5 Å². The predicted octanol–water partition coefficient (Wildman–Crippen LogP) is 1.51. The van der Waals surface area contributed by atoms with Crippen molar-refractivity contribution in [3.05, 3.63) is 42.0 Å². The fraction of sp³-hybridized carbons (Fsp3) is 0.364. The van der Waals surface area contributed by atoms with Gasteiger partial charge in [0.15, 0.2) is 0 Å². The van der Waals surface area contributed by atoms with Crippen LogP contribution in [0.4, 0.5) is 0 Å². The molecule has 0 aliphatic rings. The maximum Gasteiger partial charge on any atom is 0.0936 e. The molecule has 1 aromatic heterocycles. The third-order valence-corrected chi connectivity index (χ3v) is 2.14. The summed E-state index contributed by atoms with van der Waals surface area (Å²) < 4.78 is 0. The van der Waals surface area contributed by atoms with Crippen LogP contribution in [0.3, 0.4) is 0 Å². The highest BCUT2D eigenvalue weighted by Crippen LogP contribution is 2.05. The van der Waals surface area contributed by atoms with Crippen molar-refractivity contribution in [1.82, 2.24) is 15.2 Å². The first-order valence-corrected chi connectivity index (χ1v) is 4.63. The minimum Gasteiger partial charge on any atom is -0.375 e. The van der Waals surface area contributed by atoms with Crippen LogP contribution in [0, 0.1) is 6.92 Å². The Kier molecular flexibility index (Phi) is 3.51. The first kappa shape index (κ1) is 10.6. The molecule has 76 valence electrons. The van der Waals surface area contributed by atoms with Gasteiger partial charge in [0.2, 0.25) is 0 Å². The van der Waals surface area contributed by atoms with E-state index in [4.69, 9.17) is 0 Å². The van der Waals surface area contributed by atoms with Gasteiger partial charge in [0.1, 0.15) is 0 Å². The summed E-state index contributed by atoms with van der Waals surface area (Å²) in [4.78, 5) is 6.29. The third kappa shape index (κ3) is 2.76. The van der Waals surface area contributed by atoms with E-state index in [0.29, 0.717) is 0 Å². The predicted molar refractivity (Wildman–Crippen MR) is 58.6 cm³/mol. The third-order valence-electron chi connectivity index (χ3n) is 2.14. The maximum absolute atomic E-state index is 4.24. The molecule has 0 spiro atoms. The molecule has 0 aliphatic carbocycles.